The molecule has 27 heavy (non-hydrogen) atoms. The zero-order valence-corrected chi connectivity index (χ0v) is 17.8. The van der Waals surface area contributed by atoms with Crippen LogP contribution in [0.3, 0.4) is 0 Å². The maximum Gasteiger partial charge on any atom is 0.309 e. The number of carbonyl (C=O) groups is 1. The van der Waals surface area contributed by atoms with E-state index in [9.17, 15) is 4.79 Å². The molecular weight excluding hydrogens is 336 g/mol. The molecule has 0 spiro atoms. The predicted octanol–water partition coefficient (Wildman–Crippen LogP) is 5.76. The van der Waals surface area contributed by atoms with Gasteiger partial charge in [0.15, 0.2) is 0 Å². The first-order valence-electron chi connectivity index (χ1n) is 11.7. The summed E-state index contributed by atoms with van der Waals surface area (Å²) in [6, 6.07) is 0. The van der Waals surface area contributed by atoms with Crippen LogP contribution in [0.25, 0.3) is 0 Å². The molecule has 154 valence electrons. The third-order valence-corrected chi connectivity index (χ3v) is 9.11. The molecule has 4 aliphatic carbocycles. The van der Waals surface area contributed by atoms with Crippen LogP contribution in [0.5, 0.6) is 0 Å². The smallest absolute Gasteiger partial charge is 0.309 e. The highest BCUT2D eigenvalue weighted by Gasteiger charge is 2.45. The third-order valence-electron chi connectivity index (χ3n) is 9.11. The van der Waals surface area contributed by atoms with Gasteiger partial charge in [-0.05, 0) is 99.7 Å². The molecule has 0 saturated heterocycles. The van der Waals surface area contributed by atoms with Crippen LogP contribution in [0.15, 0.2) is 0 Å². The molecule has 4 saturated carbocycles. The third kappa shape index (κ3) is 4.09. The first-order valence-corrected chi connectivity index (χ1v) is 11.7. The maximum atomic E-state index is 12.7. The quantitative estimate of drug-likeness (QED) is 0.573. The average Bonchev–Trinajstić information content (AvgIpc) is 3.32. The van der Waals surface area contributed by atoms with E-state index in [0.29, 0.717) is 17.4 Å². The van der Waals surface area contributed by atoms with Gasteiger partial charge < -0.3 is 9.47 Å². The van der Waals surface area contributed by atoms with E-state index < -0.39 is 0 Å². The van der Waals surface area contributed by atoms with Gasteiger partial charge in [-0.2, -0.15) is 0 Å². The molecule has 3 heteroatoms. The topological polar surface area (TPSA) is 35.5 Å². The second-order valence-corrected chi connectivity index (χ2v) is 10.7. The molecule has 0 aromatic heterocycles. The standard InChI is InChI=1S/C24H40O3/c1-24(2,18-6-10-20(26-3)11-7-18)19-8-12-21(13-9-19)27-23(25)22-15-16-4-5-17(22)14-16/h16-22H,4-15H2,1-3H3. The molecule has 0 aromatic carbocycles. The molecular formula is C24H40O3. The van der Waals surface area contributed by atoms with Crippen molar-refractivity contribution in [3.63, 3.8) is 0 Å². The van der Waals surface area contributed by atoms with E-state index in [4.69, 9.17) is 9.47 Å². The number of ether oxygens (including phenoxy) is 2. The molecule has 0 aromatic rings. The number of esters is 1. The van der Waals surface area contributed by atoms with E-state index in [1.54, 1.807) is 0 Å². The summed E-state index contributed by atoms with van der Waals surface area (Å²) in [5.74, 6) is 3.43. The Bertz CT molecular complexity index is 512. The lowest BCUT2D eigenvalue weighted by atomic mass is 9.60. The van der Waals surface area contributed by atoms with Gasteiger partial charge in [0.1, 0.15) is 6.10 Å². The Hall–Kier alpha value is -0.570. The van der Waals surface area contributed by atoms with Crippen LogP contribution in [-0.4, -0.2) is 25.3 Å². The zero-order valence-electron chi connectivity index (χ0n) is 17.8. The molecule has 0 N–H and O–H groups in total. The SMILES string of the molecule is COC1CCC(C(C)(C)C2CCC(OC(=O)C3CC4CCC3C4)CC2)CC1. The van der Waals surface area contributed by atoms with E-state index in [0.717, 1.165) is 37.0 Å². The Labute approximate surface area is 165 Å². The highest BCUT2D eigenvalue weighted by Crippen LogP contribution is 2.50. The number of hydrogen-bond donors (Lipinski definition) is 0. The molecule has 2 bridgehead atoms. The summed E-state index contributed by atoms with van der Waals surface area (Å²) in [7, 11) is 1.86. The summed E-state index contributed by atoms with van der Waals surface area (Å²) in [6.07, 6.45) is 15.3. The summed E-state index contributed by atoms with van der Waals surface area (Å²) >= 11 is 0. The molecule has 3 nitrogen and oxygen atoms in total. The van der Waals surface area contributed by atoms with Gasteiger partial charge in [-0.25, -0.2) is 0 Å². The van der Waals surface area contributed by atoms with Crippen molar-refractivity contribution in [2.45, 2.75) is 103 Å². The van der Waals surface area contributed by atoms with Gasteiger partial charge in [-0.1, -0.05) is 20.3 Å². The number of fused-ring (bicyclic) bond motifs is 2. The lowest BCUT2D eigenvalue weighted by molar-refractivity contribution is -0.158. The van der Waals surface area contributed by atoms with Crippen LogP contribution in [0.4, 0.5) is 0 Å². The van der Waals surface area contributed by atoms with Crippen molar-refractivity contribution in [1.82, 2.24) is 0 Å². The lowest BCUT2D eigenvalue weighted by Crippen LogP contribution is -2.39. The van der Waals surface area contributed by atoms with Gasteiger partial charge in [0.2, 0.25) is 0 Å². The summed E-state index contributed by atoms with van der Waals surface area (Å²) < 4.78 is 11.6. The number of hydrogen-bond acceptors (Lipinski definition) is 3. The zero-order chi connectivity index (χ0) is 19.0. The van der Waals surface area contributed by atoms with Crippen LogP contribution in [-0.2, 0) is 14.3 Å². The van der Waals surface area contributed by atoms with Gasteiger partial charge in [0.25, 0.3) is 0 Å². The molecule has 0 amide bonds. The van der Waals surface area contributed by atoms with Crippen LogP contribution in [0, 0.1) is 35.0 Å². The highest BCUT2D eigenvalue weighted by atomic mass is 16.5. The van der Waals surface area contributed by atoms with Crippen molar-refractivity contribution in [1.29, 1.82) is 0 Å². The minimum absolute atomic E-state index is 0.141. The van der Waals surface area contributed by atoms with Crippen LogP contribution < -0.4 is 0 Å². The maximum absolute atomic E-state index is 12.7. The second kappa shape index (κ2) is 8.05. The highest BCUT2D eigenvalue weighted by molar-refractivity contribution is 5.73. The van der Waals surface area contributed by atoms with Gasteiger partial charge in [-0.3, -0.25) is 4.79 Å². The monoisotopic (exact) mass is 376 g/mol. The van der Waals surface area contributed by atoms with Gasteiger partial charge in [0, 0.05) is 7.11 Å². The van der Waals surface area contributed by atoms with Crippen molar-refractivity contribution < 1.29 is 14.3 Å². The Morgan fingerprint density at radius 2 is 1.37 bits per heavy atom. The van der Waals surface area contributed by atoms with Crippen molar-refractivity contribution >= 4 is 5.97 Å². The fourth-order valence-corrected chi connectivity index (χ4v) is 7.09. The van der Waals surface area contributed by atoms with Crippen LogP contribution in [0.1, 0.15) is 90.9 Å². The second-order valence-electron chi connectivity index (χ2n) is 10.7. The molecule has 4 rings (SSSR count). The minimum atomic E-state index is 0.141. The van der Waals surface area contributed by atoms with E-state index >= 15 is 0 Å². The lowest BCUT2D eigenvalue weighted by Gasteiger charge is -2.46. The van der Waals surface area contributed by atoms with Crippen molar-refractivity contribution in [3.8, 4) is 0 Å². The van der Waals surface area contributed by atoms with Crippen LogP contribution >= 0.6 is 0 Å². The molecule has 0 heterocycles. The van der Waals surface area contributed by atoms with Gasteiger partial charge in [0.05, 0.1) is 12.0 Å². The summed E-state index contributed by atoms with van der Waals surface area (Å²) in [6.45, 7) is 4.99. The number of methoxy groups -OCH3 is 1. The Morgan fingerprint density at radius 3 is 1.85 bits per heavy atom. The molecule has 0 radical (unpaired) electrons. The van der Waals surface area contributed by atoms with Crippen molar-refractivity contribution in [2.24, 2.45) is 35.0 Å². The number of carbonyl (C=O) groups excluding carboxylic acids is 1. The summed E-state index contributed by atoms with van der Waals surface area (Å²) in [5, 5.41) is 0. The van der Waals surface area contributed by atoms with Crippen molar-refractivity contribution in [3.05, 3.63) is 0 Å². The van der Waals surface area contributed by atoms with Gasteiger partial charge in [-0.15, -0.1) is 0 Å². The largest absolute Gasteiger partial charge is 0.462 e. The molecule has 4 aliphatic rings. The number of rotatable bonds is 5. The normalized spacial score (nSPS) is 42.3. The average molecular weight is 377 g/mol. The van der Waals surface area contributed by atoms with Crippen LogP contribution in [0.2, 0.25) is 0 Å². The van der Waals surface area contributed by atoms with E-state index in [1.807, 2.05) is 7.11 Å². The summed E-state index contributed by atoms with van der Waals surface area (Å²) in [4.78, 5) is 12.7. The Morgan fingerprint density at radius 1 is 0.778 bits per heavy atom. The Balaban J connectivity index is 1.24. The Kier molecular flexibility index (Phi) is 5.88. The molecule has 3 unspecified atom stereocenters. The van der Waals surface area contributed by atoms with Crippen molar-refractivity contribution in [2.75, 3.05) is 7.11 Å². The molecule has 0 aliphatic heterocycles. The van der Waals surface area contributed by atoms with E-state index in [2.05, 4.69) is 13.8 Å². The minimum Gasteiger partial charge on any atom is -0.462 e. The predicted molar refractivity (Wildman–Crippen MR) is 107 cm³/mol. The van der Waals surface area contributed by atoms with E-state index in [-0.39, 0.29) is 18.0 Å². The van der Waals surface area contributed by atoms with E-state index in [1.165, 1.54) is 57.8 Å². The fourth-order valence-electron chi connectivity index (χ4n) is 7.09. The first kappa shape index (κ1) is 19.7. The summed E-state index contributed by atoms with van der Waals surface area (Å²) in [5.41, 5.74) is 0.401. The fraction of sp³-hybridized carbons (Fsp3) is 0.958. The van der Waals surface area contributed by atoms with Gasteiger partial charge >= 0.3 is 5.97 Å². The molecule has 3 atom stereocenters. The molecule has 4 fully saturated rings. The first-order chi connectivity index (χ1) is 13.0.